The molecule has 116 valence electrons. The molecule has 2 fully saturated rings. The average Bonchev–Trinajstić information content (AvgIpc) is 3.04. The molecule has 0 aromatic heterocycles. The van der Waals surface area contributed by atoms with Crippen LogP contribution >= 0.6 is 12.4 Å². The molecule has 21 heavy (non-hydrogen) atoms. The molecule has 2 N–H and O–H groups in total. The third-order valence-electron chi connectivity index (χ3n) is 4.23. The number of amides is 2. The van der Waals surface area contributed by atoms with Crippen LogP contribution in [0.15, 0.2) is 18.2 Å². The highest BCUT2D eigenvalue weighted by Gasteiger charge is 2.41. The van der Waals surface area contributed by atoms with Crippen molar-refractivity contribution < 1.29 is 13.6 Å². The Morgan fingerprint density at radius 3 is 2.81 bits per heavy atom. The number of nitrogens with zero attached hydrogens (tertiary/aromatic N) is 1. The number of hydrogen-bond donors (Lipinski definition) is 2. The van der Waals surface area contributed by atoms with Gasteiger partial charge in [-0.3, -0.25) is 0 Å². The lowest BCUT2D eigenvalue weighted by Crippen LogP contribution is -2.36. The Labute approximate surface area is 128 Å². The second-order valence-electron chi connectivity index (χ2n) is 5.65. The quantitative estimate of drug-likeness (QED) is 0.836. The normalized spacial score (nSPS) is 24.2. The number of hydrogen-bond acceptors (Lipinski definition) is 2. The molecule has 4 nitrogen and oxygen atoms in total. The maximum atomic E-state index is 13.5. The van der Waals surface area contributed by atoms with E-state index in [9.17, 15) is 13.6 Å². The molecule has 1 aromatic rings. The van der Waals surface area contributed by atoms with Gasteiger partial charge in [-0.05, 0) is 31.5 Å². The van der Waals surface area contributed by atoms with E-state index >= 15 is 0 Å². The van der Waals surface area contributed by atoms with Gasteiger partial charge in [0.2, 0.25) is 0 Å². The van der Waals surface area contributed by atoms with Gasteiger partial charge in [0.25, 0.3) is 0 Å². The van der Waals surface area contributed by atoms with Crippen LogP contribution < -0.4 is 10.6 Å². The van der Waals surface area contributed by atoms with Crippen molar-refractivity contribution in [3.63, 3.8) is 0 Å². The van der Waals surface area contributed by atoms with Crippen molar-refractivity contribution in [3.8, 4) is 0 Å². The van der Waals surface area contributed by atoms with Crippen LogP contribution in [-0.2, 0) is 0 Å². The number of carbonyl (C=O) groups is 1. The lowest BCUT2D eigenvalue weighted by molar-refractivity contribution is 0.215. The molecule has 2 aliphatic rings. The van der Waals surface area contributed by atoms with Crippen LogP contribution in [0.4, 0.5) is 19.3 Å². The van der Waals surface area contributed by atoms with Crippen LogP contribution in [0.3, 0.4) is 0 Å². The molecule has 1 aromatic carbocycles. The fourth-order valence-corrected chi connectivity index (χ4v) is 3.04. The molecule has 1 unspecified atom stereocenters. The van der Waals surface area contributed by atoms with Crippen LogP contribution in [0.2, 0.25) is 0 Å². The SMILES string of the molecule is Cl.O=C(Nc1ccc(F)cc1F)N1CCC2(CCNC2)C1. The van der Waals surface area contributed by atoms with E-state index in [4.69, 9.17) is 0 Å². The first kappa shape index (κ1) is 16.0. The monoisotopic (exact) mass is 317 g/mol. The molecular formula is C14H18ClF2N3O. The summed E-state index contributed by atoms with van der Waals surface area (Å²) in [7, 11) is 0. The summed E-state index contributed by atoms with van der Waals surface area (Å²) in [5.74, 6) is -1.41. The molecule has 0 radical (unpaired) electrons. The third kappa shape index (κ3) is 3.27. The van der Waals surface area contributed by atoms with Gasteiger partial charge in [-0.15, -0.1) is 12.4 Å². The molecule has 2 heterocycles. The first-order valence-electron chi connectivity index (χ1n) is 6.80. The summed E-state index contributed by atoms with van der Waals surface area (Å²) in [5, 5.41) is 5.83. The van der Waals surface area contributed by atoms with E-state index in [1.54, 1.807) is 4.90 Å². The molecule has 2 aliphatic heterocycles. The Balaban J connectivity index is 0.00000161. The number of anilines is 1. The Morgan fingerprint density at radius 1 is 1.33 bits per heavy atom. The van der Waals surface area contributed by atoms with E-state index < -0.39 is 11.6 Å². The summed E-state index contributed by atoms with van der Waals surface area (Å²) in [6.45, 7) is 3.29. The van der Waals surface area contributed by atoms with Crippen molar-refractivity contribution >= 4 is 24.1 Å². The van der Waals surface area contributed by atoms with E-state index in [1.165, 1.54) is 6.07 Å². The summed E-state index contributed by atoms with van der Waals surface area (Å²) < 4.78 is 26.3. The number of urea groups is 1. The molecule has 1 atom stereocenters. The zero-order chi connectivity index (χ0) is 14.2. The van der Waals surface area contributed by atoms with Crippen LogP contribution in [0.1, 0.15) is 12.8 Å². The highest BCUT2D eigenvalue weighted by molar-refractivity contribution is 5.89. The molecule has 0 bridgehead atoms. The van der Waals surface area contributed by atoms with Gasteiger partial charge in [-0.2, -0.15) is 0 Å². The van der Waals surface area contributed by atoms with Crippen LogP contribution in [0, 0.1) is 17.0 Å². The van der Waals surface area contributed by atoms with Crippen molar-refractivity contribution in [1.29, 1.82) is 0 Å². The van der Waals surface area contributed by atoms with Crippen LogP contribution in [0.5, 0.6) is 0 Å². The van der Waals surface area contributed by atoms with Crippen LogP contribution in [0.25, 0.3) is 0 Å². The predicted molar refractivity (Wildman–Crippen MR) is 78.7 cm³/mol. The zero-order valence-corrected chi connectivity index (χ0v) is 12.3. The molecule has 0 saturated carbocycles. The van der Waals surface area contributed by atoms with Gasteiger partial charge in [0.15, 0.2) is 0 Å². The summed E-state index contributed by atoms with van der Waals surface area (Å²) in [5.41, 5.74) is 0.195. The standard InChI is InChI=1S/C14H17F2N3O.ClH/c15-10-1-2-12(11(16)7-10)18-13(20)19-6-4-14(9-19)3-5-17-8-14;/h1-2,7,17H,3-6,8-9H2,(H,18,20);1H. The Morgan fingerprint density at radius 2 is 2.14 bits per heavy atom. The molecular weight excluding hydrogens is 300 g/mol. The summed E-state index contributed by atoms with van der Waals surface area (Å²) >= 11 is 0. The summed E-state index contributed by atoms with van der Waals surface area (Å²) in [6, 6.07) is 2.82. The van der Waals surface area contributed by atoms with E-state index in [0.29, 0.717) is 13.1 Å². The number of likely N-dealkylation sites (tertiary alicyclic amines) is 1. The zero-order valence-electron chi connectivity index (χ0n) is 11.5. The fraction of sp³-hybridized carbons (Fsp3) is 0.500. The van der Waals surface area contributed by atoms with Gasteiger partial charge < -0.3 is 15.5 Å². The van der Waals surface area contributed by atoms with Crippen molar-refractivity contribution in [1.82, 2.24) is 10.2 Å². The van der Waals surface area contributed by atoms with Gasteiger partial charge in [0.1, 0.15) is 11.6 Å². The molecule has 0 aliphatic carbocycles. The number of benzene rings is 1. The fourth-order valence-electron chi connectivity index (χ4n) is 3.04. The smallest absolute Gasteiger partial charge is 0.321 e. The Hall–Kier alpha value is -1.40. The lowest BCUT2D eigenvalue weighted by Gasteiger charge is -2.23. The van der Waals surface area contributed by atoms with Gasteiger partial charge >= 0.3 is 6.03 Å². The maximum absolute atomic E-state index is 13.5. The minimum absolute atomic E-state index is 0. The highest BCUT2D eigenvalue weighted by Crippen LogP contribution is 2.36. The second-order valence-corrected chi connectivity index (χ2v) is 5.65. The van der Waals surface area contributed by atoms with E-state index in [1.807, 2.05) is 0 Å². The van der Waals surface area contributed by atoms with Crippen LogP contribution in [-0.4, -0.2) is 37.1 Å². The lowest BCUT2D eigenvalue weighted by atomic mass is 9.87. The topological polar surface area (TPSA) is 44.4 Å². The number of rotatable bonds is 1. The minimum atomic E-state index is -0.755. The highest BCUT2D eigenvalue weighted by atomic mass is 35.5. The first-order valence-corrected chi connectivity index (χ1v) is 6.80. The summed E-state index contributed by atoms with van der Waals surface area (Å²) in [4.78, 5) is 13.8. The van der Waals surface area contributed by atoms with Gasteiger partial charge in [0.05, 0.1) is 5.69 Å². The van der Waals surface area contributed by atoms with E-state index in [2.05, 4.69) is 10.6 Å². The first-order chi connectivity index (χ1) is 9.58. The number of nitrogens with one attached hydrogen (secondary N) is 2. The van der Waals surface area contributed by atoms with Gasteiger partial charge in [-0.1, -0.05) is 0 Å². The third-order valence-corrected chi connectivity index (χ3v) is 4.23. The Bertz CT molecular complexity index is 535. The maximum Gasteiger partial charge on any atom is 0.321 e. The van der Waals surface area contributed by atoms with Crippen molar-refractivity contribution in [2.24, 2.45) is 5.41 Å². The van der Waals surface area contributed by atoms with Crippen molar-refractivity contribution in [2.45, 2.75) is 12.8 Å². The molecule has 2 saturated heterocycles. The van der Waals surface area contributed by atoms with Crippen molar-refractivity contribution in [3.05, 3.63) is 29.8 Å². The van der Waals surface area contributed by atoms with Crippen molar-refractivity contribution in [2.75, 3.05) is 31.5 Å². The van der Waals surface area contributed by atoms with Gasteiger partial charge in [-0.25, -0.2) is 13.6 Å². The molecule has 3 rings (SSSR count). The van der Waals surface area contributed by atoms with Gasteiger partial charge in [0, 0.05) is 31.1 Å². The largest absolute Gasteiger partial charge is 0.324 e. The predicted octanol–water partition coefficient (Wildman–Crippen LogP) is 2.60. The van der Waals surface area contributed by atoms with E-state index in [-0.39, 0.29) is 29.5 Å². The second kappa shape index (κ2) is 6.15. The molecule has 7 heteroatoms. The number of halogens is 3. The van der Waals surface area contributed by atoms with E-state index in [0.717, 1.165) is 38.1 Å². The molecule has 2 amide bonds. The minimum Gasteiger partial charge on any atom is -0.324 e. The Kier molecular flexibility index (Phi) is 4.68. The summed E-state index contributed by atoms with van der Waals surface area (Å²) in [6.07, 6.45) is 2.04. The average molecular weight is 318 g/mol. The molecule has 1 spiro atoms. The number of carbonyl (C=O) groups excluding carboxylic acids is 1.